The molecule has 1 aromatic carbocycles. The molecule has 2 rings (SSSR count). The van der Waals surface area contributed by atoms with Gasteiger partial charge in [-0.2, -0.15) is 28.7 Å². The minimum absolute atomic E-state index is 0.100. The van der Waals surface area contributed by atoms with Crippen LogP contribution in [0, 0.1) is 22.7 Å². The fourth-order valence-electron chi connectivity index (χ4n) is 2.53. The maximum absolute atomic E-state index is 12.9. The Morgan fingerprint density at radius 2 is 1.97 bits per heavy atom. The number of nitriles is 2. The van der Waals surface area contributed by atoms with Crippen molar-refractivity contribution in [3.63, 3.8) is 0 Å². The molecule has 0 N–H and O–H groups in total. The van der Waals surface area contributed by atoms with Crippen LogP contribution in [-0.4, -0.2) is 22.6 Å². The minimum Gasteiger partial charge on any atom is -0.483 e. The number of unbranched alkanes of at least 4 members (excludes halogenated alkanes) is 1. The third kappa shape index (κ3) is 6.97. The average Bonchev–Trinajstić information content (AvgIpc) is 3.09. The standard InChI is InChI=1S/C21H21F3N4O2S/c1-20(2,3)28-12-15(6-4-5-9-25)19(31-28)27-18(29)16-10-14(11-26)7-8-17(16)30-13-21(22,23)24/h7-8,10,12H,4-6,13H2,1-3H3/b27-19-. The van der Waals surface area contributed by atoms with Gasteiger partial charge in [-0.1, -0.05) is 0 Å². The molecule has 0 aliphatic rings. The number of nitrogens with zero attached hydrogens (tertiary/aromatic N) is 4. The van der Waals surface area contributed by atoms with E-state index in [4.69, 9.17) is 15.3 Å². The van der Waals surface area contributed by atoms with Crippen molar-refractivity contribution in [1.82, 2.24) is 3.96 Å². The summed E-state index contributed by atoms with van der Waals surface area (Å²) in [6.07, 6.45) is -1.27. The van der Waals surface area contributed by atoms with Crippen LogP contribution in [0.5, 0.6) is 5.75 Å². The quantitative estimate of drug-likeness (QED) is 0.596. The Morgan fingerprint density at radius 3 is 2.55 bits per heavy atom. The number of ether oxygens (including phenoxy) is 1. The zero-order valence-electron chi connectivity index (χ0n) is 17.3. The molecule has 0 radical (unpaired) electrons. The fourth-order valence-corrected chi connectivity index (χ4v) is 3.57. The van der Waals surface area contributed by atoms with Gasteiger partial charge in [0, 0.05) is 23.7 Å². The van der Waals surface area contributed by atoms with Gasteiger partial charge in [0.05, 0.1) is 23.3 Å². The number of carbonyl (C=O) groups is 1. The minimum atomic E-state index is -4.58. The molecule has 0 unspecified atom stereocenters. The van der Waals surface area contributed by atoms with Crippen molar-refractivity contribution in [2.45, 2.75) is 51.7 Å². The first-order valence-corrected chi connectivity index (χ1v) is 10.1. The van der Waals surface area contributed by atoms with Gasteiger partial charge in [-0.25, -0.2) is 0 Å². The lowest BCUT2D eigenvalue weighted by Gasteiger charge is -2.19. The number of aromatic nitrogens is 1. The van der Waals surface area contributed by atoms with E-state index in [0.717, 1.165) is 17.7 Å². The first-order valence-electron chi connectivity index (χ1n) is 9.36. The summed E-state index contributed by atoms with van der Waals surface area (Å²) in [6, 6.07) is 7.51. The SMILES string of the molecule is CC(C)(C)n1cc(CCCC#N)/c(=N/C(=O)c2cc(C#N)ccc2OCC(F)(F)F)s1. The second-order valence-electron chi connectivity index (χ2n) is 7.70. The van der Waals surface area contributed by atoms with Crippen LogP contribution in [0.15, 0.2) is 29.4 Å². The lowest BCUT2D eigenvalue weighted by Crippen LogP contribution is -2.20. The molecule has 2 aromatic rings. The number of hydrogen-bond donors (Lipinski definition) is 0. The third-order valence-corrected chi connectivity index (χ3v) is 5.44. The number of halogens is 3. The summed E-state index contributed by atoms with van der Waals surface area (Å²) < 4.78 is 44.8. The molecule has 6 nitrogen and oxygen atoms in total. The van der Waals surface area contributed by atoms with Gasteiger partial charge in [0.15, 0.2) is 6.61 Å². The van der Waals surface area contributed by atoms with Gasteiger partial charge in [0.25, 0.3) is 5.91 Å². The van der Waals surface area contributed by atoms with Crippen molar-refractivity contribution in [1.29, 1.82) is 10.5 Å². The van der Waals surface area contributed by atoms with Crippen molar-refractivity contribution >= 4 is 17.4 Å². The maximum Gasteiger partial charge on any atom is 0.422 e. The van der Waals surface area contributed by atoms with Crippen molar-refractivity contribution in [3.8, 4) is 17.9 Å². The van der Waals surface area contributed by atoms with E-state index in [2.05, 4.69) is 11.1 Å². The predicted molar refractivity (Wildman–Crippen MR) is 108 cm³/mol. The summed E-state index contributed by atoms with van der Waals surface area (Å²) in [5, 5.41) is 17.9. The van der Waals surface area contributed by atoms with E-state index in [1.165, 1.54) is 17.6 Å². The van der Waals surface area contributed by atoms with Crippen molar-refractivity contribution in [3.05, 3.63) is 45.8 Å². The number of hydrogen-bond acceptors (Lipinski definition) is 5. The van der Waals surface area contributed by atoms with Crippen LogP contribution in [-0.2, 0) is 12.0 Å². The number of amides is 1. The number of alkyl halides is 3. The van der Waals surface area contributed by atoms with Gasteiger partial charge in [-0.3, -0.25) is 8.75 Å². The van der Waals surface area contributed by atoms with Crippen LogP contribution in [0.2, 0.25) is 0 Å². The van der Waals surface area contributed by atoms with Crippen LogP contribution in [0.4, 0.5) is 13.2 Å². The highest BCUT2D eigenvalue weighted by atomic mass is 32.1. The predicted octanol–water partition coefficient (Wildman–Crippen LogP) is 4.70. The Kier molecular flexibility index (Phi) is 7.64. The van der Waals surface area contributed by atoms with E-state index >= 15 is 0 Å². The second kappa shape index (κ2) is 9.80. The van der Waals surface area contributed by atoms with E-state index in [1.807, 2.05) is 37.0 Å². The van der Waals surface area contributed by atoms with Crippen molar-refractivity contribution in [2.24, 2.45) is 4.99 Å². The molecule has 0 atom stereocenters. The highest BCUT2D eigenvalue weighted by molar-refractivity contribution is 7.04. The molecule has 0 spiro atoms. The topological polar surface area (TPSA) is 91.2 Å². The Balaban J connectivity index is 2.50. The molecule has 0 aliphatic carbocycles. The third-order valence-electron chi connectivity index (χ3n) is 4.06. The molecule has 0 aliphatic heterocycles. The summed E-state index contributed by atoms with van der Waals surface area (Å²) in [5.74, 6) is -1.10. The summed E-state index contributed by atoms with van der Waals surface area (Å²) >= 11 is 1.24. The summed E-state index contributed by atoms with van der Waals surface area (Å²) in [5.41, 5.74) is 0.371. The van der Waals surface area contributed by atoms with Crippen LogP contribution >= 0.6 is 11.5 Å². The molecule has 10 heteroatoms. The van der Waals surface area contributed by atoms with E-state index in [0.29, 0.717) is 23.9 Å². The summed E-state index contributed by atoms with van der Waals surface area (Å²) in [7, 11) is 0. The lowest BCUT2D eigenvalue weighted by molar-refractivity contribution is -0.153. The first-order chi connectivity index (χ1) is 14.4. The largest absolute Gasteiger partial charge is 0.483 e. The van der Waals surface area contributed by atoms with Crippen LogP contribution in [0.25, 0.3) is 0 Å². The van der Waals surface area contributed by atoms with Crippen LogP contribution < -0.4 is 9.41 Å². The molecule has 0 saturated heterocycles. The normalized spacial score (nSPS) is 12.3. The van der Waals surface area contributed by atoms with Crippen molar-refractivity contribution in [2.75, 3.05) is 6.61 Å². The van der Waals surface area contributed by atoms with E-state index in [9.17, 15) is 18.0 Å². The number of aryl methyl sites for hydroxylation is 1. The zero-order chi connectivity index (χ0) is 23.2. The second-order valence-corrected chi connectivity index (χ2v) is 8.67. The van der Waals surface area contributed by atoms with Gasteiger partial charge in [0.2, 0.25) is 0 Å². The van der Waals surface area contributed by atoms with Crippen molar-refractivity contribution < 1.29 is 22.7 Å². The van der Waals surface area contributed by atoms with Crippen LogP contribution in [0.3, 0.4) is 0 Å². The molecule has 164 valence electrons. The number of carbonyl (C=O) groups excluding carboxylic acids is 1. The van der Waals surface area contributed by atoms with E-state index < -0.39 is 18.7 Å². The molecule has 1 amide bonds. The molecule has 0 fully saturated rings. The molecular formula is C21H21F3N4O2S. The smallest absolute Gasteiger partial charge is 0.422 e. The lowest BCUT2D eigenvalue weighted by atomic mass is 10.1. The van der Waals surface area contributed by atoms with Crippen LogP contribution in [0.1, 0.15) is 55.1 Å². The highest BCUT2D eigenvalue weighted by Crippen LogP contribution is 2.25. The average molecular weight is 450 g/mol. The fraction of sp³-hybridized carbons (Fsp3) is 0.429. The number of benzene rings is 1. The van der Waals surface area contributed by atoms with Gasteiger partial charge < -0.3 is 4.74 Å². The van der Waals surface area contributed by atoms with Gasteiger partial charge in [-0.05, 0) is 63.3 Å². The molecule has 1 aromatic heterocycles. The van der Waals surface area contributed by atoms with E-state index in [1.54, 1.807) is 0 Å². The van der Waals surface area contributed by atoms with E-state index in [-0.39, 0.29) is 22.4 Å². The molecule has 0 bridgehead atoms. The summed E-state index contributed by atoms with van der Waals surface area (Å²) in [6.45, 7) is 4.37. The Hall–Kier alpha value is -3.11. The maximum atomic E-state index is 12.9. The zero-order valence-corrected chi connectivity index (χ0v) is 18.1. The molecule has 31 heavy (non-hydrogen) atoms. The first kappa shape index (κ1) is 24.2. The molecule has 1 heterocycles. The summed E-state index contributed by atoms with van der Waals surface area (Å²) in [4.78, 5) is 17.0. The van der Waals surface area contributed by atoms with Gasteiger partial charge >= 0.3 is 6.18 Å². The van der Waals surface area contributed by atoms with Gasteiger partial charge in [0.1, 0.15) is 10.4 Å². The molecule has 0 saturated carbocycles. The Morgan fingerprint density at radius 1 is 1.26 bits per heavy atom. The Labute approximate surface area is 182 Å². The Bertz CT molecular complexity index is 1100. The van der Waals surface area contributed by atoms with Gasteiger partial charge in [-0.15, -0.1) is 0 Å². The number of rotatable bonds is 6. The monoisotopic (exact) mass is 450 g/mol. The molecular weight excluding hydrogens is 429 g/mol. The highest BCUT2D eigenvalue weighted by Gasteiger charge is 2.29.